The molecule has 5 heteroatoms. The van der Waals surface area contributed by atoms with E-state index in [1.807, 2.05) is 38.1 Å². The van der Waals surface area contributed by atoms with Crippen molar-refractivity contribution >= 4 is 34.8 Å². The molecule has 2 amide bonds. The van der Waals surface area contributed by atoms with Crippen molar-refractivity contribution in [3.05, 3.63) is 70.4 Å². The lowest BCUT2D eigenvalue weighted by Crippen LogP contribution is -2.31. The number of halogens is 1. The van der Waals surface area contributed by atoms with Crippen molar-refractivity contribution in [1.82, 2.24) is 0 Å². The highest BCUT2D eigenvalue weighted by Crippen LogP contribution is 2.38. The third-order valence-electron chi connectivity index (χ3n) is 3.74. The fourth-order valence-electron chi connectivity index (χ4n) is 2.61. The highest BCUT2D eigenvalue weighted by molar-refractivity contribution is 8.04. The molecule has 0 fully saturated rings. The molecule has 0 spiro atoms. The molecule has 1 aliphatic rings. The Balaban J connectivity index is 2.09. The molecule has 3 rings (SSSR count). The van der Waals surface area contributed by atoms with Crippen LogP contribution in [-0.4, -0.2) is 17.6 Å². The fraction of sp³-hybridized carbons (Fsp3) is 0.158. The van der Waals surface area contributed by atoms with E-state index in [4.69, 9.17) is 0 Å². The maximum absolute atomic E-state index is 13.5. The zero-order chi connectivity index (χ0) is 17.3. The standard InChI is InChI=1S/C19H16FNO2S/c1-3-24-17-16(13-9-7-12(2)8-10-13)18(22)21(19(17)23)15-6-4-5-14(20)11-15/h4-11H,3H2,1-2H3. The van der Waals surface area contributed by atoms with Crippen LogP contribution in [0.1, 0.15) is 18.1 Å². The Morgan fingerprint density at radius 3 is 2.38 bits per heavy atom. The number of hydrogen-bond acceptors (Lipinski definition) is 3. The molecule has 0 atom stereocenters. The summed E-state index contributed by atoms with van der Waals surface area (Å²) < 4.78 is 13.5. The van der Waals surface area contributed by atoms with Gasteiger partial charge in [0.2, 0.25) is 0 Å². The normalized spacial score (nSPS) is 14.7. The third-order valence-corrected chi connectivity index (χ3v) is 4.69. The number of imide groups is 1. The number of benzene rings is 2. The first kappa shape index (κ1) is 16.5. The smallest absolute Gasteiger partial charge is 0.268 e. The van der Waals surface area contributed by atoms with Crippen molar-refractivity contribution in [1.29, 1.82) is 0 Å². The molecule has 1 heterocycles. The molecule has 0 radical (unpaired) electrons. The number of anilines is 1. The van der Waals surface area contributed by atoms with Gasteiger partial charge in [-0.05, 0) is 36.4 Å². The first-order valence-electron chi connectivity index (χ1n) is 7.61. The average molecular weight is 341 g/mol. The minimum atomic E-state index is -0.485. The van der Waals surface area contributed by atoms with Crippen LogP contribution in [0, 0.1) is 12.7 Å². The second kappa shape index (κ2) is 6.61. The summed E-state index contributed by atoms with van der Waals surface area (Å²) in [7, 11) is 0. The summed E-state index contributed by atoms with van der Waals surface area (Å²) in [5.74, 6) is -0.624. The molecular weight excluding hydrogens is 325 g/mol. The van der Waals surface area contributed by atoms with Crippen LogP contribution in [-0.2, 0) is 9.59 Å². The van der Waals surface area contributed by atoms with E-state index in [0.29, 0.717) is 21.8 Å². The Labute approximate surface area is 144 Å². The van der Waals surface area contributed by atoms with Gasteiger partial charge >= 0.3 is 0 Å². The van der Waals surface area contributed by atoms with E-state index >= 15 is 0 Å². The van der Waals surface area contributed by atoms with Gasteiger partial charge in [-0.1, -0.05) is 42.8 Å². The lowest BCUT2D eigenvalue weighted by Gasteiger charge is -2.15. The molecule has 0 saturated heterocycles. The van der Waals surface area contributed by atoms with Gasteiger partial charge in [0.05, 0.1) is 16.2 Å². The molecule has 0 N–H and O–H groups in total. The molecule has 0 aliphatic carbocycles. The van der Waals surface area contributed by atoms with Gasteiger partial charge in [0.15, 0.2) is 0 Å². The largest absolute Gasteiger partial charge is 0.272 e. The molecule has 24 heavy (non-hydrogen) atoms. The fourth-order valence-corrected chi connectivity index (χ4v) is 3.47. The van der Waals surface area contributed by atoms with Crippen LogP contribution in [0.25, 0.3) is 5.57 Å². The lowest BCUT2D eigenvalue weighted by molar-refractivity contribution is -0.119. The number of amides is 2. The van der Waals surface area contributed by atoms with E-state index in [-0.39, 0.29) is 5.69 Å². The van der Waals surface area contributed by atoms with E-state index in [1.54, 1.807) is 6.07 Å². The number of thioether (sulfide) groups is 1. The van der Waals surface area contributed by atoms with E-state index in [9.17, 15) is 14.0 Å². The Morgan fingerprint density at radius 1 is 1.04 bits per heavy atom. The second-order valence-electron chi connectivity index (χ2n) is 5.43. The zero-order valence-electron chi connectivity index (χ0n) is 13.4. The second-order valence-corrected chi connectivity index (χ2v) is 6.70. The van der Waals surface area contributed by atoms with Gasteiger partial charge in [0.1, 0.15) is 5.82 Å². The number of carbonyl (C=O) groups excluding carboxylic acids is 2. The summed E-state index contributed by atoms with van der Waals surface area (Å²) in [6.07, 6.45) is 0. The molecule has 0 bridgehead atoms. The summed E-state index contributed by atoms with van der Waals surface area (Å²) >= 11 is 1.33. The van der Waals surface area contributed by atoms with Crippen LogP contribution in [0.4, 0.5) is 10.1 Å². The number of aryl methyl sites for hydroxylation is 1. The molecule has 2 aromatic rings. The summed E-state index contributed by atoms with van der Waals surface area (Å²) in [6.45, 7) is 3.88. The van der Waals surface area contributed by atoms with E-state index in [1.165, 1.54) is 30.0 Å². The first-order chi connectivity index (χ1) is 11.5. The highest BCUT2D eigenvalue weighted by Gasteiger charge is 2.40. The highest BCUT2D eigenvalue weighted by atomic mass is 32.2. The van der Waals surface area contributed by atoms with Crippen molar-refractivity contribution in [2.45, 2.75) is 13.8 Å². The lowest BCUT2D eigenvalue weighted by atomic mass is 10.0. The Kier molecular flexibility index (Phi) is 4.53. The molecule has 0 aromatic heterocycles. The van der Waals surface area contributed by atoms with E-state index < -0.39 is 17.6 Å². The van der Waals surface area contributed by atoms with Gasteiger partial charge in [-0.3, -0.25) is 9.59 Å². The Morgan fingerprint density at radius 2 is 1.75 bits per heavy atom. The molecule has 0 saturated carbocycles. The molecule has 0 unspecified atom stereocenters. The molecule has 3 nitrogen and oxygen atoms in total. The van der Waals surface area contributed by atoms with Gasteiger partial charge in [-0.25, -0.2) is 9.29 Å². The van der Waals surface area contributed by atoms with Crippen molar-refractivity contribution < 1.29 is 14.0 Å². The maximum atomic E-state index is 13.5. The average Bonchev–Trinajstić information content (AvgIpc) is 2.80. The van der Waals surface area contributed by atoms with Gasteiger partial charge in [0, 0.05) is 0 Å². The third kappa shape index (κ3) is 2.87. The monoisotopic (exact) mass is 341 g/mol. The first-order valence-corrected chi connectivity index (χ1v) is 8.60. The predicted octanol–water partition coefficient (Wildman–Crippen LogP) is 4.17. The minimum absolute atomic E-state index is 0.251. The molecule has 122 valence electrons. The Hall–Kier alpha value is -2.40. The van der Waals surface area contributed by atoms with Crippen LogP contribution in [0.3, 0.4) is 0 Å². The van der Waals surface area contributed by atoms with Crippen molar-refractivity contribution in [3.63, 3.8) is 0 Å². The summed E-state index contributed by atoms with van der Waals surface area (Å²) in [5, 5.41) is 0. The molecule has 2 aromatic carbocycles. The van der Waals surface area contributed by atoms with Gasteiger partial charge in [0.25, 0.3) is 11.8 Å². The molecular formula is C19H16FNO2S. The van der Waals surface area contributed by atoms with Gasteiger partial charge in [-0.2, -0.15) is 0 Å². The van der Waals surface area contributed by atoms with Crippen molar-refractivity contribution in [2.75, 3.05) is 10.7 Å². The van der Waals surface area contributed by atoms with Crippen LogP contribution in [0.5, 0.6) is 0 Å². The number of hydrogen-bond donors (Lipinski definition) is 0. The van der Waals surface area contributed by atoms with E-state index in [0.717, 1.165) is 10.5 Å². The Bertz CT molecular complexity index is 843. The number of rotatable bonds is 4. The van der Waals surface area contributed by atoms with Crippen LogP contribution in [0.15, 0.2) is 53.4 Å². The van der Waals surface area contributed by atoms with Crippen LogP contribution in [0.2, 0.25) is 0 Å². The topological polar surface area (TPSA) is 37.4 Å². The summed E-state index contributed by atoms with van der Waals surface area (Å²) in [6, 6.07) is 13.0. The SMILES string of the molecule is CCSC1=C(c2ccc(C)cc2)C(=O)N(c2cccc(F)c2)C1=O. The van der Waals surface area contributed by atoms with Gasteiger partial charge < -0.3 is 0 Å². The van der Waals surface area contributed by atoms with Crippen molar-refractivity contribution in [3.8, 4) is 0 Å². The maximum Gasteiger partial charge on any atom is 0.272 e. The summed E-state index contributed by atoms with van der Waals surface area (Å²) in [4.78, 5) is 27.1. The zero-order valence-corrected chi connectivity index (χ0v) is 14.2. The summed E-state index contributed by atoms with van der Waals surface area (Å²) in [5.41, 5.74) is 2.41. The quantitative estimate of drug-likeness (QED) is 0.783. The molecule has 1 aliphatic heterocycles. The number of carbonyl (C=O) groups is 2. The van der Waals surface area contributed by atoms with Crippen LogP contribution >= 0.6 is 11.8 Å². The predicted molar refractivity (Wildman–Crippen MR) is 95.1 cm³/mol. The number of nitrogens with zero attached hydrogens (tertiary/aromatic N) is 1. The van der Waals surface area contributed by atoms with E-state index in [2.05, 4.69) is 0 Å². The van der Waals surface area contributed by atoms with Crippen LogP contribution < -0.4 is 4.90 Å². The minimum Gasteiger partial charge on any atom is -0.268 e. The van der Waals surface area contributed by atoms with Crippen molar-refractivity contribution in [2.24, 2.45) is 0 Å². The van der Waals surface area contributed by atoms with Gasteiger partial charge in [-0.15, -0.1) is 11.8 Å².